The first kappa shape index (κ1) is 16.8. The quantitative estimate of drug-likeness (QED) is 0.689. The largest absolute Gasteiger partial charge is 0.378 e. The summed E-state index contributed by atoms with van der Waals surface area (Å²) in [5.41, 5.74) is 4.99. The molecule has 3 aromatic rings. The maximum absolute atomic E-state index is 8.84. The molecule has 1 fully saturated rings. The molecule has 1 aliphatic rings. The molecule has 1 aromatic heterocycles. The van der Waals surface area contributed by atoms with Crippen LogP contribution in [0.3, 0.4) is 0 Å². The maximum Gasteiger partial charge on any atom is 0.0745 e. The summed E-state index contributed by atoms with van der Waals surface area (Å²) in [5, 5.41) is 10.6. The van der Waals surface area contributed by atoms with Gasteiger partial charge >= 0.3 is 0 Å². The van der Waals surface area contributed by atoms with Gasteiger partial charge in [0.2, 0.25) is 0 Å². The lowest BCUT2D eigenvalue weighted by Crippen LogP contribution is -2.36. The number of hydrogen-bond donors (Lipinski definition) is 0. The van der Waals surface area contributed by atoms with Gasteiger partial charge < -0.3 is 9.64 Å². The number of benzene rings is 2. The van der Waals surface area contributed by atoms with Gasteiger partial charge in [-0.3, -0.25) is 0 Å². The molecule has 0 unspecified atom stereocenters. The third-order valence-electron chi connectivity index (χ3n) is 4.63. The van der Waals surface area contributed by atoms with Crippen molar-refractivity contribution in [1.29, 1.82) is 5.26 Å². The highest BCUT2D eigenvalue weighted by molar-refractivity contribution is 6.31. The highest BCUT2D eigenvalue weighted by Gasteiger charge is 2.16. The van der Waals surface area contributed by atoms with E-state index in [1.54, 1.807) is 0 Å². The van der Waals surface area contributed by atoms with Gasteiger partial charge in [-0.15, -0.1) is 0 Å². The summed E-state index contributed by atoms with van der Waals surface area (Å²) in [7, 11) is 0. The first-order chi connectivity index (χ1) is 12.7. The zero-order chi connectivity index (χ0) is 17.9. The number of hydrogen-bond acceptors (Lipinski definition) is 4. The number of morpholine rings is 1. The number of nitriles is 1. The molecule has 130 valence electrons. The standard InChI is InChI=1S/C21H18ClN3O/c22-17-5-6-18-20(13-17)24-19(14-21(18)25-9-11-26-12-10-25)16-3-1-15(2-4-16)7-8-23/h1-6,13-14H,7,9-12H2. The Morgan fingerprint density at radius 3 is 2.58 bits per heavy atom. The molecule has 2 heterocycles. The van der Waals surface area contributed by atoms with Crippen LogP contribution in [-0.2, 0) is 11.2 Å². The Hall–Kier alpha value is -2.61. The summed E-state index contributed by atoms with van der Waals surface area (Å²) in [6.45, 7) is 3.19. The summed E-state index contributed by atoms with van der Waals surface area (Å²) < 4.78 is 5.50. The molecule has 0 saturated carbocycles. The molecule has 0 bridgehead atoms. The lowest BCUT2D eigenvalue weighted by molar-refractivity contribution is 0.123. The molecule has 4 rings (SSSR count). The van der Waals surface area contributed by atoms with Gasteiger partial charge in [0, 0.05) is 34.7 Å². The number of halogens is 1. The Labute approximate surface area is 157 Å². The van der Waals surface area contributed by atoms with Gasteiger partial charge in [0.15, 0.2) is 0 Å². The van der Waals surface area contributed by atoms with Crippen molar-refractivity contribution in [2.24, 2.45) is 0 Å². The van der Waals surface area contributed by atoms with Crippen molar-refractivity contribution in [1.82, 2.24) is 4.98 Å². The number of anilines is 1. The molecule has 0 aliphatic carbocycles. The zero-order valence-corrected chi connectivity index (χ0v) is 15.0. The predicted octanol–water partition coefficient (Wildman–Crippen LogP) is 4.46. The van der Waals surface area contributed by atoms with E-state index in [1.165, 1.54) is 0 Å². The van der Waals surface area contributed by atoms with Crippen LogP contribution in [0.5, 0.6) is 0 Å². The van der Waals surface area contributed by atoms with Crippen molar-refractivity contribution >= 4 is 28.2 Å². The lowest BCUT2D eigenvalue weighted by atomic mass is 10.0. The van der Waals surface area contributed by atoms with E-state index in [-0.39, 0.29) is 0 Å². The molecule has 2 aromatic carbocycles. The Kier molecular flexibility index (Phi) is 4.75. The molecular weight excluding hydrogens is 346 g/mol. The average Bonchev–Trinajstić information content (AvgIpc) is 2.68. The highest BCUT2D eigenvalue weighted by Crippen LogP contribution is 2.33. The van der Waals surface area contributed by atoms with E-state index in [4.69, 9.17) is 26.6 Å². The van der Waals surface area contributed by atoms with Gasteiger partial charge in [-0.25, -0.2) is 4.98 Å². The topological polar surface area (TPSA) is 49.2 Å². The Bertz CT molecular complexity index is 973. The fourth-order valence-electron chi connectivity index (χ4n) is 3.28. The third kappa shape index (κ3) is 3.37. The van der Waals surface area contributed by atoms with Crippen LogP contribution in [-0.4, -0.2) is 31.3 Å². The van der Waals surface area contributed by atoms with Crippen molar-refractivity contribution in [2.45, 2.75) is 6.42 Å². The summed E-state index contributed by atoms with van der Waals surface area (Å²) >= 11 is 6.21. The minimum Gasteiger partial charge on any atom is -0.378 e. The van der Waals surface area contributed by atoms with Crippen molar-refractivity contribution in [3.63, 3.8) is 0 Å². The molecule has 0 atom stereocenters. The van der Waals surface area contributed by atoms with Gasteiger partial charge in [0.05, 0.1) is 36.9 Å². The van der Waals surface area contributed by atoms with Crippen LogP contribution in [0.1, 0.15) is 5.56 Å². The van der Waals surface area contributed by atoms with E-state index in [1.807, 2.05) is 42.5 Å². The van der Waals surface area contributed by atoms with Crippen LogP contribution in [0.25, 0.3) is 22.2 Å². The number of rotatable bonds is 3. The molecule has 1 aliphatic heterocycles. The summed E-state index contributed by atoms with van der Waals surface area (Å²) in [4.78, 5) is 7.17. The Morgan fingerprint density at radius 2 is 1.85 bits per heavy atom. The minimum atomic E-state index is 0.417. The second kappa shape index (κ2) is 7.33. The predicted molar refractivity (Wildman–Crippen MR) is 105 cm³/mol. The number of fused-ring (bicyclic) bond motifs is 1. The zero-order valence-electron chi connectivity index (χ0n) is 14.3. The Balaban J connectivity index is 1.83. The minimum absolute atomic E-state index is 0.417. The average molecular weight is 364 g/mol. The van der Waals surface area contributed by atoms with Crippen molar-refractivity contribution in [2.75, 3.05) is 31.2 Å². The number of aromatic nitrogens is 1. The van der Waals surface area contributed by atoms with E-state index in [2.05, 4.69) is 17.0 Å². The molecule has 0 spiro atoms. The van der Waals surface area contributed by atoms with E-state index in [0.29, 0.717) is 11.4 Å². The second-order valence-electron chi connectivity index (χ2n) is 6.32. The first-order valence-corrected chi connectivity index (χ1v) is 9.02. The number of nitrogens with zero attached hydrogens (tertiary/aromatic N) is 3. The van der Waals surface area contributed by atoms with Gasteiger partial charge in [-0.05, 0) is 29.8 Å². The van der Waals surface area contributed by atoms with Gasteiger partial charge in [-0.1, -0.05) is 35.9 Å². The van der Waals surface area contributed by atoms with Gasteiger partial charge in [0.25, 0.3) is 0 Å². The monoisotopic (exact) mass is 363 g/mol. The van der Waals surface area contributed by atoms with Crippen LogP contribution >= 0.6 is 11.6 Å². The fraction of sp³-hybridized carbons (Fsp3) is 0.238. The van der Waals surface area contributed by atoms with Crippen LogP contribution < -0.4 is 4.90 Å². The summed E-state index contributed by atoms with van der Waals surface area (Å²) in [5.74, 6) is 0. The third-order valence-corrected chi connectivity index (χ3v) is 4.87. The molecular formula is C21H18ClN3O. The van der Waals surface area contributed by atoms with Crippen LogP contribution in [0.4, 0.5) is 5.69 Å². The summed E-state index contributed by atoms with van der Waals surface area (Å²) in [6, 6.07) is 18.2. The smallest absolute Gasteiger partial charge is 0.0745 e. The first-order valence-electron chi connectivity index (χ1n) is 8.64. The molecule has 5 heteroatoms. The van der Waals surface area contributed by atoms with Crippen molar-refractivity contribution < 1.29 is 4.74 Å². The summed E-state index contributed by atoms with van der Waals surface area (Å²) in [6.07, 6.45) is 0.417. The van der Waals surface area contributed by atoms with Gasteiger partial charge in [0.1, 0.15) is 0 Å². The van der Waals surface area contributed by atoms with Crippen molar-refractivity contribution in [3.8, 4) is 17.3 Å². The molecule has 26 heavy (non-hydrogen) atoms. The second-order valence-corrected chi connectivity index (χ2v) is 6.76. The van der Waals surface area contributed by atoms with Crippen LogP contribution in [0.15, 0.2) is 48.5 Å². The normalized spacial score (nSPS) is 14.4. The van der Waals surface area contributed by atoms with E-state index >= 15 is 0 Å². The molecule has 1 saturated heterocycles. The maximum atomic E-state index is 8.84. The molecule has 0 radical (unpaired) electrons. The SMILES string of the molecule is N#CCc1ccc(-c2cc(N3CCOCC3)c3ccc(Cl)cc3n2)cc1. The lowest BCUT2D eigenvalue weighted by Gasteiger charge is -2.30. The van der Waals surface area contributed by atoms with E-state index in [0.717, 1.165) is 59.7 Å². The van der Waals surface area contributed by atoms with Crippen LogP contribution in [0.2, 0.25) is 5.02 Å². The highest BCUT2D eigenvalue weighted by atomic mass is 35.5. The Morgan fingerprint density at radius 1 is 1.08 bits per heavy atom. The van der Waals surface area contributed by atoms with Gasteiger partial charge in [-0.2, -0.15) is 5.26 Å². The molecule has 0 N–H and O–H groups in total. The fourth-order valence-corrected chi connectivity index (χ4v) is 3.45. The number of ether oxygens (including phenoxy) is 1. The van der Waals surface area contributed by atoms with E-state index < -0.39 is 0 Å². The molecule has 0 amide bonds. The molecule has 4 nitrogen and oxygen atoms in total. The number of pyridine rings is 1. The van der Waals surface area contributed by atoms with Crippen molar-refractivity contribution in [3.05, 3.63) is 59.1 Å². The van der Waals surface area contributed by atoms with E-state index in [9.17, 15) is 0 Å². The van der Waals surface area contributed by atoms with Crippen LogP contribution in [0, 0.1) is 11.3 Å².